The number of fused-ring (bicyclic) bond motifs is 2. The summed E-state index contributed by atoms with van der Waals surface area (Å²) in [6.45, 7) is 4.00. The molecule has 1 heterocycles. The first-order chi connectivity index (χ1) is 16.9. The molecule has 0 saturated heterocycles. The lowest BCUT2D eigenvalue weighted by Gasteiger charge is -2.13. The highest BCUT2D eigenvalue weighted by molar-refractivity contribution is 6.10. The molecule has 3 rings (SSSR count). The van der Waals surface area contributed by atoms with Gasteiger partial charge in [0.15, 0.2) is 0 Å². The van der Waals surface area contributed by atoms with E-state index in [1.54, 1.807) is 0 Å². The first-order valence-corrected chi connectivity index (χ1v) is 11.2. The first-order valence-electron chi connectivity index (χ1n) is 11.2. The van der Waals surface area contributed by atoms with Crippen LogP contribution in [-0.4, -0.2) is 100 Å². The Bertz CT molecular complexity index is 1230. The summed E-state index contributed by atoms with van der Waals surface area (Å²) in [5.74, 6) is -1.18. The van der Waals surface area contributed by atoms with E-state index in [-0.39, 0.29) is 69.2 Å². The van der Waals surface area contributed by atoms with Crippen LogP contribution in [-0.2, 0) is 0 Å². The number of aromatic nitrogens is 2. The number of rotatable bonds is 12. The Morgan fingerprint density at radius 1 is 0.886 bits per heavy atom. The molecule has 188 valence electrons. The van der Waals surface area contributed by atoms with Gasteiger partial charge in [0.1, 0.15) is 39.3 Å². The van der Waals surface area contributed by atoms with Crippen LogP contribution in [0.2, 0.25) is 0 Å². The SMILES string of the molecule is Cc1c(O)c(/C=N/CCNCCO)c2nc3c(O)ccc(C(=O)NCCNCCO)c3nc2c1O. The number of phenolic OH excluding ortho intramolecular Hbond substituents is 3. The summed E-state index contributed by atoms with van der Waals surface area (Å²) in [6, 6.07) is 2.75. The van der Waals surface area contributed by atoms with Gasteiger partial charge in [0, 0.05) is 44.5 Å². The smallest absolute Gasteiger partial charge is 0.253 e. The topological polar surface area (TPSA) is 192 Å². The maximum absolute atomic E-state index is 12.8. The summed E-state index contributed by atoms with van der Waals surface area (Å²) in [5, 5.41) is 58.1. The molecular weight excluding hydrogens is 456 g/mol. The lowest BCUT2D eigenvalue weighted by atomic mass is 10.0. The van der Waals surface area contributed by atoms with E-state index in [4.69, 9.17) is 10.2 Å². The van der Waals surface area contributed by atoms with Gasteiger partial charge in [-0.3, -0.25) is 9.79 Å². The molecular formula is C23H30N6O6. The number of nitrogens with zero attached hydrogens (tertiary/aromatic N) is 3. The van der Waals surface area contributed by atoms with Gasteiger partial charge < -0.3 is 41.5 Å². The quantitative estimate of drug-likeness (QED) is 0.0942. The highest BCUT2D eigenvalue weighted by Crippen LogP contribution is 2.38. The molecule has 1 amide bonds. The number of aliphatic hydroxyl groups excluding tert-OH is 2. The van der Waals surface area contributed by atoms with E-state index in [9.17, 15) is 20.1 Å². The average Bonchev–Trinajstić information content (AvgIpc) is 2.86. The third kappa shape index (κ3) is 5.92. The summed E-state index contributed by atoms with van der Waals surface area (Å²) in [7, 11) is 0. The number of hydrogen-bond donors (Lipinski definition) is 8. The molecule has 1 aromatic heterocycles. The molecule has 2 aromatic carbocycles. The zero-order chi connectivity index (χ0) is 25.4. The average molecular weight is 487 g/mol. The zero-order valence-electron chi connectivity index (χ0n) is 19.4. The Labute approximate surface area is 201 Å². The molecule has 0 aliphatic rings. The minimum absolute atomic E-state index is 0.00895. The van der Waals surface area contributed by atoms with Crippen molar-refractivity contribution < 1.29 is 30.3 Å². The standard InChI is InChI=1S/C23H30N6O6/c1-13-21(33)15(12-26-5-4-24-8-10-30)18-20(22(13)34)29-17-14(2-3-16(32)19(17)28-18)23(35)27-7-6-25-9-11-31/h2-3,12,24-25,30-34H,4-11H2,1H3,(H,27,35)/b26-12+. The fourth-order valence-electron chi connectivity index (χ4n) is 3.45. The number of hydrogen-bond acceptors (Lipinski definition) is 11. The molecule has 0 unspecified atom stereocenters. The molecule has 0 bridgehead atoms. The van der Waals surface area contributed by atoms with Gasteiger partial charge in [-0.05, 0) is 19.1 Å². The summed E-state index contributed by atoms with van der Waals surface area (Å²) in [5.41, 5.74) is 0.844. The van der Waals surface area contributed by atoms with Crippen LogP contribution in [0.15, 0.2) is 17.1 Å². The van der Waals surface area contributed by atoms with Crippen LogP contribution >= 0.6 is 0 Å². The minimum atomic E-state index is -0.443. The predicted octanol–water partition coefficient (Wildman–Crippen LogP) is -0.479. The number of aromatic hydroxyl groups is 3. The van der Waals surface area contributed by atoms with Gasteiger partial charge in [-0.1, -0.05) is 0 Å². The highest BCUT2D eigenvalue weighted by atomic mass is 16.3. The van der Waals surface area contributed by atoms with E-state index in [1.807, 2.05) is 0 Å². The normalized spacial score (nSPS) is 11.6. The number of benzene rings is 2. The molecule has 12 heteroatoms. The zero-order valence-corrected chi connectivity index (χ0v) is 19.4. The molecule has 0 atom stereocenters. The van der Waals surface area contributed by atoms with Crippen LogP contribution in [0.1, 0.15) is 21.5 Å². The van der Waals surface area contributed by atoms with E-state index in [0.717, 1.165) is 0 Å². The molecule has 3 aromatic rings. The lowest BCUT2D eigenvalue weighted by Crippen LogP contribution is -2.33. The fourth-order valence-corrected chi connectivity index (χ4v) is 3.45. The van der Waals surface area contributed by atoms with Gasteiger partial charge in [-0.2, -0.15) is 0 Å². The monoisotopic (exact) mass is 486 g/mol. The molecule has 0 saturated carbocycles. The summed E-state index contributed by atoms with van der Waals surface area (Å²) < 4.78 is 0. The molecule has 35 heavy (non-hydrogen) atoms. The van der Waals surface area contributed by atoms with Crippen LogP contribution < -0.4 is 16.0 Å². The largest absolute Gasteiger partial charge is 0.507 e. The van der Waals surface area contributed by atoms with Gasteiger partial charge >= 0.3 is 0 Å². The van der Waals surface area contributed by atoms with Gasteiger partial charge in [0.25, 0.3) is 5.91 Å². The number of nitrogens with one attached hydrogen (secondary N) is 3. The van der Waals surface area contributed by atoms with Crippen molar-refractivity contribution in [1.29, 1.82) is 0 Å². The van der Waals surface area contributed by atoms with Crippen molar-refractivity contribution in [2.45, 2.75) is 6.92 Å². The van der Waals surface area contributed by atoms with Crippen LogP contribution in [0, 0.1) is 6.92 Å². The third-order valence-corrected chi connectivity index (χ3v) is 5.29. The number of phenols is 3. The Balaban J connectivity index is 2.03. The highest BCUT2D eigenvalue weighted by Gasteiger charge is 2.22. The van der Waals surface area contributed by atoms with E-state index in [0.29, 0.717) is 39.3 Å². The van der Waals surface area contributed by atoms with Crippen LogP contribution in [0.3, 0.4) is 0 Å². The Kier molecular flexibility index (Phi) is 9.09. The van der Waals surface area contributed by atoms with Gasteiger partial charge in [-0.15, -0.1) is 0 Å². The predicted molar refractivity (Wildman–Crippen MR) is 131 cm³/mol. The second-order valence-corrected chi connectivity index (χ2v) is 7.72. The molecule has 0 aliphatic carbocycles. The van der Waals surface area contributed by atoms with Crippen molar-refractivity contribution >= 4 is 34.2 Å². The minimum Gasteiger partial charge on any atom is -0.507 e. The van der Waals surface area contributed by atoms with Crippen LogP contribution in [0.4, 0.5) is 0 Å². The lowest BCUT2D eigenvalue weighted by molar-refractivity contribution is 0.0955. The number of aliphatic hydroxyl groups is 2. The molecule has 0 radical (unpaired) electrons. The van der Waals surface area contributed by atoms with Gasteiger partial charge in [-0.25, -0.2) is 9.97 Å². The molecule has 0 fully saturated rings. The van der Waals surface area contributed by atoms with Crippen molar-refractivity contribution in [3.8, 4) is 17.2 Å². The van der Waals surface area contributed by atoms with Crippen molar-refractivity contribution in [2.24, 2.45) is 4.99 Å². The van der Waals surface area contributed by atoms with E-state index in [2.05, 4.69) is 30.9 Å². The number of carbonyl (C=O) groups is 1. The number of amides is 1. The second kappa shape index (κ2) is 12.2. The van der Waals surface area contributed by atoms with Crippen molar-refractivity contribution in [3.63, 3.8) is 0 Å². The van der Waals surface area contributed by atoms with E-state index >= 15 is 0 Å². The molecule has 0 spiro atoms. The number of aliphatic imine (C=N–C) groups is 1. The van der Waals surface area contributed by atoms with Crippen molar-refractivity contribution in [2.75, 3.05) is 52.5 Å². The summed E-state index contributed by atoms with van der Waals surface area (Å²) in [6.07, 6.45) is 1.41. The Morgan fingerprint density at radius 2 is 1.57 bits per heavy atom. The van der Waals surface area contributed by atoms with Gasteiger partial charge in [0.05, 0.1) is 30.9 Å². The summed E-state index contributed by atoms with van der Waals surface area (Å²) in [4.78, 5) is 25.9. The Morgan fingerprint density at radius 3 is 2.29 bits per heavy atom. The fraction of sp³-hybridized carbons (Fsp3) is 0.391. The Hall–Kier alpha value is -3.58. The molecule has 0 aliphatic heterocycles. The van der Waals surface area contributed by atoms with E-state index in [1.165, 1.54) is 25.3 Å². The third-order valence-electron chi connectivity index (χ3n) is 5.29. The maximum atomic E-state index is 12.8. The second-order valence-electron chi connectivity index (χ2n) is 7.72. The maximum Gasteiger partial charge on any atom is 0.253 e. The van der Waals surface area contributed by atoms with Crippen LogP contribution in [0.25, 0.3) is 22.1 Å². The molecule has 8 N–H and O–H groups in total. The van der Waals surface area contributed by atoms with E-state index < -0.39 is 5.91 Å². The van der Waals surface area contributed by atoms with Crippen LogP contribution in [0.5, 0.6) is 17.2 Å². The summed E-state index contributed by atoms with van der Waals surface area (Å²) >= 11 is 0. The molecule has 12 nitrogen and oxygen atoms in total. The van der Waals surface area contributed by atoms with Crippen molar-refractivity contribution in [3.05, 3.63) is 28.8 Å². The van der Waals surface area contributed by atoms with Crippen molar-refractivity contribution in [1.82, 2.24) is 25.9 Å². The first kappa shape index (κ1) is 26.0. The number of carbonyl (C=O) groups excluding carboxylic acids is 1. The van der Waals surface area contributed by atoms with Gasteiger partial charge in [0.2, 0.25) is 0 Å².